The molecule has 1 aromatic carbocycles. The molecule has 0 saturated carbocycles. The first-order chi connectivity index (χ1) is 9.30. The van der Waals surface area contributed by atoms with Crippen molar-refractivity contribution in [1.82, 2.24) is 14.9 Å². The van der Waals surface area contributed by atoms with Crippen LogP contribution in [0.25, 0.3) is 0 Å². The fraction of sp³-hybridized carbons (Fsp3) is 0.625. The lowest BCUT2D eigenvalue weighted by atomic mass is 10.0. The number of hydrogen-bond acceptors (Lipinski definition) is 3. The molecule has 0 amide bonds. The monoisotopic (exact) mass is 261 g/mol. The van der Waals surface area contributed by atoms with Gasteiger partial charge in [0.15, 0.2) is 0 Å². The lowest BCUT2D eigenvalue weighted by molar-refractivity contribution is -0.0716. The summed E-state index contributed by atoms with van der Waals surface area (Å²) in [6.45, 7) is 13.5. The molecular weight excluding hydrogens is 234 g/mol. The summed E-state index contributed by atoms with van der Waals surface area (Å²) in [5.41, 5.74) is 1.45. The fourth-order valence-corrected chi connectivity index (χ4v) is 3.06. The zero-order valence-corrected chi connectivity index (χ0v) is 12.5. The minimum Gasteiger partial charge on any atom is -0.294 e. The first kappa shape index (κ1) is 14.5. The first-order valence-corrected chi connectivity index (χ1v) is 7.58. The summed E-state index contributed by atoms with van der Waals surface area (Å²) in [7, 11) is 0. The minimum absolute atomic E-state index is 0.528. The highest BCUT2D eigenvalue weighted by molar-refractivity contribution is 5.20. The van der Waals surface area contributed by atoms with Crippen molar-refractivity contribution in [2.75, 3.05) is 39.3 Å². The van der Waals surface area contributed by atoms with Gasteiger partial charge in [-0.1, -0.05) is 51.1 Å². The molecule has 1 aliphatic heterocycles. The number of likely N-dealkylation sites (N-methyl/N-ethyl adjacent to an activating group) is 1. The predicted octanol–water partition coefficient (Wildman–Crippen LogP) is 2.62. The summed E-state index contributed by atoms with van der Waals surface area (Å²) >= 11 is 0. The largest absolute Gasteiger partial charge is 0.294 e. The molecule has 1 fully saturated rings. The molecule has 0 bridgehead atoms. The highest BCUT2D eigenvalue weighted by atomic mass is 15.6. The summed E-state index contributed by atoms with van der Waals surface area (Å²) in [5.74, 6) is 0. The van der Waals surface area contributed by atoms with Gasteiger partial charge in [-0.05, 0) is 12.1 Å². The smallest absolute Gasteiger partial charge is 0.0489 e. The predicted molar refractivity (Wildman–Crippen MR) is 80.9 cm³/mol. The molecule has 3 nitrogen and oxygen atoms in total. The van der Waals surface area contributed by atoms with Crippen LogP contribution >= 0.6 is 0 Å². The second kappa shape index (κ2) is 7.04. The summed E-state index contributed by atoms with van der Waals surface area (Å²) < 4.78 is 0. The molecule has 106 valence electrons. The molecular formula is C16H27N3. The third-order valence-corrected chi connectivity index (χ3v) is 4.19. The van der Waals surface area contributed by atoms with Crippen LogP contribution in [0.15, 0.2) is 30.3 Å². The van der Waals surface area contributed by atoms with Crippen molar-refractivity contribution in [3.8, 4) is 0 Å². The van der Waals surface area contributed by atoms with Gasteiger partial charge >= 0.3 is 0 Å². The minimum atomic E-state index is 0.528. The van der Waals surface area contributed by atoms with Crippen molar-refractivity contribution in [2.24, 2.45) is 0 Å². The SMILES string of the molecule is CCN1CCN(N(CC)CC)CC1c1ccccc1. The van der Waals surface area contributed by atoms with Gasteiger partial charge in [0.2, 0.25) is 0 Å². The van der Waals surface area contributed by atoms with Gasteiger partial charge in [-0.2, -0.15) is 0 Å². The zero-order chi connectivity index (χ0) is 13.7. The number of hydrogen-bond donors (Lipinski definition) is 0. The van der Waals surface area contributed by atoms with E-state index in [9.17, 15) is 0 Å². The molecule has 0 aromatic heterocycles. The van der Waals surface area contributed by atoms with E-state index in [2.05, 4.69) is 66.0 Å². The van der Waals surface area contributed by atoms with Gasteiger partial charge in [0.25, 0.3) is 0 Å². The molecule has 1 aliphatic rings. The average molecular weight is 261 g/mol. The summed E-state index contributed by atoms with van der Waals surface area (Å²) in [4.78, 5) is 2.59. The molecule has 2 rings (SSSR count). The molecule has 0 N–H and O–H groups in total. The lowest BCUT2D eigenvalue weighted by Crippen LogP contribution is -2.54. The van der Waals surface area contributed by atoms with Crippen LogP contribution in [0.1, 0.15) is 32.4 Å². The third-order valence-electron chi connectivity index (χ3n) is 4.19. The van der Waals surface area contributed by atoms with E-state index in [1.165, 1.54) is 5.56 Å². The topological polar surface area (TPSA) is 9.72 Å². The Kier molecular flexibility index (Phi) is 5.37. The molecule has 0 radical (unpaired) electrons. The second-order valence-electron chi connectivity index (χ2n) is 5.11. The van der Waals surface area contributed by atoms with Crippen molar-refractivity contribution < 1.29 is 0 Å². The molecule has 3 heteroatoms. The Hall–Kier alpha value is -0.900. The molecule has 1 heterocycles. The maximum atomic E-state index is 2.59. The fourth-order valence-electron chi connectivity index (χ4n) is 3.06. The van der Waals surface area contributed by atoms with E-state index in [1.807, 2.05) is 0 Å². The standard InChI is InChI=1S/C16H27N3/c1-4-17-12-13-19(18(5-2)6-3)14-16(17)15-10-8-7-9-11-15/h7-11,16H,4-6,12-14H2,1-3H3. The van der Waals surface area contributed by atoms with E-state index in [0.29, 0.717) is 6.04 Å². The van der Waals surface area contributed by atoms with Gasteiger partial charge in [-0.25, -0.2) is 10.0 Å². The van der Waals surface area contributed by atoms with E-state index in [-0.39, 0.29) is 0 Å². The molecule has 1 aromatic rings. The Balaban J connectivity index is 2.13. The number of hydrazine groups is 1. The Labute approximate surface area is 117 Å². The summed E-state index contributed by atoms with van der Waals surface area (Å²) in [6.07, 6.45) is 0. The third kappa shape index (κ3) is 3.35. The van der Waals surface area contributed by atoms with Crippen molar-refractivity contribution in [1.29, 1.82) is 0 Å². The number of rotatable bonds is 5. The van der Waals surface area contributed by atoms with E-state index >= 15 is 0 Å². The van der Waals surface area contributed by atoms with Gasteiger partial charge in [0.05, 0.1) is 0 Å². The highest BCUT2D eigenvalue weighted by Gasteiger charge is 2.28. The van der Waals surface area contributed by atoms with Crippen LogP contribution < -0.4 is 0 Å². The molecule has 1 unspecified atom stereocenters. The van der Waals surface area contributed by atoms with Gasteiger partial charge < -0.3 is 0 Å². The van der Waals surface area contributed by atoms with Crippen LogP contribution in [0, 0.1) is 0 Å². The average Bonchev–Trinajstić information content (AvgIpc) is 2.49. The van der Waals surface area contributed by atoms with E-state index in [1.54, 1.807) is 0 Å². The van der Waals surface area contributed by atoms with E-state index < -0.39 is 0 Å². The molecule has 1 atom stereocenters. The Bertz CT molecular complexity index is 362. The quantitative estimate of drug-likeness (QED) is 0.807. The molecule has 19 heavy (non-hydrogen) atoms. The van der Waals surface area contributed by atoms with Gasteiger partial charge in [0.1, 0.15) is 0 Å². The summed E-state index contributed by atoms with van der Waals surface area (Å²) in [6, 6.07) is 11.5. The van der Waals surface area contributed by atoms with Crippen molar-refractivity contribution in [3.63, 3.8) is 0 Å². The van der Waals surface area contributed by atoms with E-state index in [4.69, 9.17) is 0 Å². The Morgan fingerprint density at radius 2 is 1.74 bits per heavy atom. The maximum absolute atomic E-state index is 2.59. The van der Waals surface area contributed by atoms with E-state index in [0.717, 1.165) is 39.3 Å². The number of benzene rings is 1. The zero-order valence-electron chi connectivity index (χ0n) is 12.5. The van der Waals surface area contributed by atoms with Gasteiger partial charge in [0, 0.05) is 38.8 Å². The first-order valence-electron chi connectivity index (χ1n) is 7.58. The van der Waals surface area contributed by atoms with Gasteiger partial charge in [-0.15, -0.1) is 0 Å². The van der Waals surface area contributed by atoms with Crippen LogP contribution in [-0.4, -0.2) is 54.2 Å². The lowest BCUT2D eigenvalue weighted by Gasteiger charge is -2.45. The van der Waals surface area contributed by atoms with Crippen LogP contribution in [0.2, 0.25) is 0 Å². The highest BCUT2D eigenvalue weighted by Crippen LogP contribution is 2.25. The second-order valence-corrected chi connectivity index (χ2v) is 5.11. The van der Waals surface area contributed by atoms with Crippen molar-refractivity contribution >= 4 is 0 Å². The molecule has 1 saturated heterocycles. The van der Waals surface area contributed by atoms with Crippen LogP contribution in [0.5, 0.6) is 0 Å². The number of nitrogens with zero attached hydrogens (tertiary/aromatic N) is 3. The maximum Gasteiger partial charge on any atom is 0.0489 e. The number of piperazine rings is 1. The Morgan fingerprint density at radius 1 is 1.05 bits per heavy atom. The molecule has 0 aliphatic carbocycles. The summed E-state index contributed by atoms with van der Waals surface area (Å²) in [5, 5.41) is 4.99. The van der Waals surface area contributed by atoms with Crippen LogP contribution in [0.4, 0.5) is 0 Å². The normalized spacial score (nSPS) is 22.0. The van der Waals surface area contributed by atoms with Gasteiger partial charge in [-0.3, -0.25) is 4.90 Å². The van der Waals surface area contributed by atoms with Crippen molar-refractivity contribution in [2.45, 2.75) is 26.8 Å². The Morgan fingerprint density at radius 3 is 2.32 bits per heavy atom. The van der Waals surface area contributed by atoms with Crippen LogP contribution in [0.3, 0.4) is 0 Å². The molecule has 0 spiro atoms. The van der Waals surface area contributed by atoms with Crippen molar-refractivity contribution in [3.05, 3.63) is 35.9 Å². The van der Waals surface area contributed by atoms with Crippen LogP contribution in [-0.2, 0) is 0 Å².